The first-order valence-corrected chi connectivity index (χ1v) is 10.9. The highest BCUT2D eigenvalue weighted by atomic mass is 35.5. The Hall–Kier alpha value is -2.08. The van der Waals surface area contributed by atoms with Gasteiger partial charge in [-0.15, -0.1) is 0 Å². The number of nitrogens with one attached hydrogen (secondary N) is 3. The maximum atomic E-state index is 12.6. The molecule has 1 atom stereocenters. The minimum Gasteiger partial charge on any atom is -0.354 e. The molecule has 0 heterocycles. The average Bonchev–Trinajstić information content (AvgIpc) is 2.71. The van der Waals surface area contributed by atoms with E-state index in [1.165, 1.54) is 6.42 Å². The number of hydrogen-bond donors (Lipinski definition) is 3. The normalized spacial score (nSPS) is 15.6. The van der Waals surface area contributed by atoms with Crippen LogP contribution in [-0.2, 0) is 9.59 Å². The van der Waals surface area contributed by atoms with Crippen molar-refractivity contribution in [3.63, 3.8) is 0 Å². The summed E-state index contributed by atoms with van der Waals surface area (Å²) in [5.74, 6) is -0.135. The molecule has 3 amide bonds. The van der Waals surface area contributed by atoms with Gasteiger partial charge in [0.1, 0.15) is 6.04 Å². The van der Waals surface area contributed by atoms with E-state index in [1.54, 1.807) is 24.3 Å². The number of carbonyl (C=O) groups excluding carboxylic acids is 3. The largest absolute Gasteiger partial charge is 0.354 e. The maximum absolute atomic E-state index is 12.6. The van der Waals surface area contributed by atoms with Gasteiger partial charge in [-0.2, -0.15) is 0 Å². The predicted molar refractivity (Wildman–Crippen MR) is 115 cm³/mol. The summed E-state index contributed by atoms with van der Waals surface area (Å²) >= 11 is 5.86. The molecule has 1 unspecified atom stereocenters. The molecule has 0 aromatic heterocycles. The highest BCUT2D eigenvalue weighted by Crippen LogP contribution is 2.23. The van der Waals surface area contributed by atoms with Crippen molar-refractivity contribution in [3.05, 3.63) is 34.9 Å². The van der Waals surface area contributed by atoms with E-state index in [1.807, 2.05) is 13.8 Å². The van der Waals surface area contributed by atoms with Crippen LogP contribution in [0.4, 0.5) is 0 Å². The lowest BCUT2D eigenvalue weighted by Gasteiger charge is -2.22. The van der Waals surface area contributed by atoms with Gasteiger partial charge in [-0.1, -0.05) is 44.7 Å². The molecule has 1 fully saturated rings. The molecule has 6 nitrogen and oxygen atoms in total. The van der Waals surface area contributed by atoms with Gasteiger partial charge in [-0.05, 0) is 49.4 Å². The predicted octanol–water partition coefficient (Wildman–Crippen LogP) is 3.30. The molecule has 1 aliphatic rings. The van der Waals surface area contributed by atoms with Crippen LogP contribution in [0.3, 0.4) is 0 Å². The molecular formula is C22H32ClN3O3. The number of benzene rings is 1. The van der Waals surface area contributed by atoms with E-state index >= 15 is 0 Å². The molecule has 0 bridgehead atoms. The van der Waals surface area contributed by atoms with Crippen molar-refractivity contribution < 1.29 is 14.4 Å². The van der Waals surface area contributed by atoms with E-state index in [0.29, 0.717) is 30.1 Å². The van der Waals surface area contributed by atoms with Gasteiger partial charge in [0.05, 0.1) is 0 Å². The number of carbonyl (C=O) groups is 3. The first-order chi connectivity index (χ1) is 13.9. The Morgan fingerprint density at radius 1 is 1.00 bits per heavy atom. The first-order valence-electron chi connectivity index (χ1n) is 10.5. The summed E-state index contributed by atoms with van der Waals surface area (Å²) in [6, 6.07) is 5.91. The van der Waals surface area contributed by atoms with E-state index in [-0.39, 0.29) is 29.6 Å². The molecule has 1 aliphatic carbocycles. The Balaban J connectivity index is 1.80. The van der Waals surface area contributed by atoms with Gasteiger partial charge in [0.25, 0.3) is 5.91 Å². The molecule has 2 rings (SSSR count). The van der Waals surface area contributed by atoms with Crippen LogP contribution in [0, 0.1) is 11.8 Å². The van der Waals surface area contributed by atoms with Crippen molar-refractivity contribution in [2.75, 3.05) is 13.1 Å². The summed E-state index contributed by atoms with van der Waals surface area (Å²) in [7, 11) is 0. The van der Waals surface area contributed by atoms with Crippen molar-refractivity contribution in [2.24, 2.45) is 11.8 Å². The number of amides is 3. The zero-order chi connectivity index (χ0) is 21.2. The van der Waals surface area contributed by atoms with Crippen LogP contribution >= 0.6 is 11.6 Å². The number of halogens is 1. The van der Waals surface area contributed by atoms with Gasteiger partial charge in [0, 0.05) is 29.6 Å². The molecule has 1 aromatic rings. The van der Waals surface area contributed by atoms with E-state index in [9.17, 15) is 14.4 Å². The Morgan fingerprint density at radius 2 is 1.62 bits per heavy atom. The lowest BCUT2D eigenvalue weighted by atomic mass is 9.89. The second-order valence-electron chi connectivity index (χ2n) is 8.08. The monoisotopic (exact) mass is 421 g/mol. The summed E-state index contributed by atoms with van der Waals surface area (Å²) < 4.78 is 0. The van der Waals surface area contributed by atoms with Gasteiger partial charge in [0.2, 0.25) is 11.8 Å². The average molecular weight is 422 g/mol. The van der Waals surface area contributed by atoms with E-state index in [0.717, 1.165) is 25.7 Å². The fourth-order valence-corrected chi connectivity index (χ4v) is 3.68. The first kappa shape index (κ1) is 23.2. The standard InChI is InChI=1S/C22H32ClN3O3/c1-15(2)14-19(26-21(28)17-8-10-18(23)11-9-17)22(29)25-13-12-24-20(27)16-6-4-3-5-7-16/h8-11,15-16,19H,3-7,12-14H2,1-2H3,(H,24,27)(H,25,29)(H,26,28). The van der Waals surface area contributed by atoms with E-state index in [2.05, 4.69) is 16.0 Å². The van der Waals surface area contributed by atoms with Crippen molar-refractivity contribution in [1.82, 2.24) is 16.0 Å². The van der Waals surface area contributed by atoms with Crippen LogP contribution in [0.1, 0.15) is 62.7 Å². The summed E-state index contributed by atoms with van der Waals surface area (Å²) in [6.45, 7) is 4.72. The topological polar surface area (TPSA) is 87.3 Å². The second-order valence-corrected chi connectivity index (χ2v) is 8.52. The molecule has 0 aliphatic heterocycles. The van der Waals surface area contributed by atoms with Gasteiger partial charge >= 0.3 is 0 Å². The summed E-state index contributed by atoms with van der Waals surface area (Å²) in [4.78, 5) is 37.2. The van der Waals surface area contributed by atoms with Crippen molar-refractivity contribution in [1.29, 1.82) is 0 Å². The third-order valence-corrected chi connectivity index (χ3v) is 5.39. The molecule has 0 spiro atoms. The zero-order valence-corrected chi connectivity index (χ0v) is 18.1. The summed E-state index contributed by atoms with van der Waals surface area (Å²) in [6.07, 6.45) is 5.85. The van der Waals surface area contributed by atoms with Crippen molar-refractivity contribution >= 4 is 29.3 Å². The number of rotatable bonds is 9. The van der Waals surface area contributed by atoms with Gasteiger partial charge in [0.15, 0.2) is 0 Å². The van der Waals surface area contributed by atoms with Crippen molar-refractivity contribution in [2.45, 2.75) is 58.4 Å². The molecule has 0 radical (unpaired) electrons. The quantitative estimate of drug-likeness (QED) is 0.534. The minimum atomic E-state index is -0.632. The molecule has 29 heavy (non-hydrogen) atoms. The van der Waals surface area contributed by atoms with Gasteiger partial charge in [-0.3, -0.25) is 14.4 Å². The molecule has 3 N–H and O–H groups in total. The van der Waals surface area contributed by atoms with Crippen LogP contribution in [0.15, 0.2) is 24.3 Å². The molecular weight excluding hydrogens is 390 g/mol. The minimum absolute atomic E-state index is 0.0775. The highest BCUT2D eigenvalue weighted by molar-refractivity contribution is 6.30. The van der Waals surface area contributed by atoms with E-state index < -0.39 is 6.04 Å². The Morgan fingerprint density at radius 3 is 2.24 bits per heavy atom. The van der Waals surface area contributed by atoms with Gasteiger partial charge in [-0.25, -0.2) is 0 Å². The third kappa shape index (κ3) is 8.05. The maximum Gasteiger partial charge on any atom is 0.251 e. The molecule has 160 valence electrons. The third-order valence-electron chi connectivity index (χ3n) is 5.13. The number of hydrogen-bond acceptors (Lipinski definition) is 3. The Labute approximate surface area is 178 Å². The lowest BCUT2D eigenvalue weighted by molar-refractivity contribution is -0.126. The zero-order valence-electron chi connectivity index (χ0n) is 17.3. The van der Waals surface area contributed by atoms with Crippen LogP contribution < -0.4 is 16.0 Å². The Kier molecular flexibility index (Phi) is 9.45. The summed E-state index contributed by atoms with van der Waals surface area (Å²) in [5, 5.41) is 9.08. The molecule has 1 aromatic carbocycles. The molecule has 0 saturated heterocycles. The summed E-state index contributed by atoms with van der Waals surface area (Å²) in [5.41, 5.74) is 0.454. The van der Waals surface area contributed by atoms with Crippen LogP contribution in [0.25, 0.3) is 0 Å². The lowest BCUT2D eigenvalue weighted by Crippen LogP contribution is -2.49. The SMILES string of the molecule is CC(C)CC(NC(=O)c1ccc(Cl)cc1)C(=O)NCCNC(=O)C1CCCCC1. The van der Waals surface area contributed by atoms with Crippen LogP contribution in [-0.4, -0.2) is 36.9 Å². The fourth-order valence-electron chi connectivity index (χ4n) is 3.55. The smallest absolute Gasteiger partial charge is 0.251 e. The molecule has 7 heteroatoms. The fraction of sp³-hybridized carbons (Fsp3) is 0.591. The van der Waals surface area contributed by atoms with E-state index in [4.69, 9.17) is 11.6 Å². The van der Waals surface area contributed by atoms with Crippen molar-refractivity contribution in [3.8, 4) is 0 Å². The van der Waals surface area contributed by atoms with Crippen LogP contribution in [0.5, 0.6) is 0 Å². The second kappa shape index (κ2) is 11.8. The Bertz CT molecular complexity index is 685. The highest BCUT2D eigenvalue weighted by Gasteiger charge is 2.23. The van der Waals surface area contributed by atoms with Crippen LogP contribution in [0.2, 0.25) is 5.02 Å². The molecule has 1 saturated carbocycles. The van der Waals surface area contributed by atoms with Gasteiger partial charge < -0.3 is 16.0 Å².